The maximum absolute atomic E-state index is 14.8. The van der Waals surface area contributed by atoms with Crippen molar-refractivity contribution in [2.45, 2.75) is 17.5 Å². The molecular weight excluding hydrogens is 592 g/mol. The average molecular weight is 615 g/mol. The fourth-order valence-electron chi connectivity index (χ4n) is 7.01. The normalized spacial score (nSPS) is 21.0. The number of para-hydroxylation sites is 3. The van der Waals surface area contributed by atoms with E-state index in [9.17, 15) is 14.4 Å². The molecule has 0 radical (unpaired) electrons. The molecule has 2 aromatic heterocycles. The third-order valence-electron chi connectivity index (χ3n) is 8.80. The van der Waals surface area contributed by atoms with Crippen molar-refractivity contribution in [2.75, 3.05) is 0 Å². The van der Waals surface area contributed by atoms with Gasteiger partial charge in [-0.2, -0.15) is 0 Å². The van der Waals surface area contributed by atoms with Crippen molar-refractivity contribution in [1.82, 2.24) is 20.3 Å². The number of H-pyrrole nitrogens is 2. The first-order valence-electron chi connectivity index (χ1n) is 13.7. The van der Waals surface area contributed by atoms with Crippen molar-refractivity contribution in [3.63, 3.8) is 0 Å². The van der Waals surface area contributed by atoms with Crippen LogP contribution in [0.2, 0.25) is 0 Å². The molecule has 1 spiro atoms. The lowest BCUT2D eigenvalue weighted by molar-refractivity contribution is 0.0653. The number of hydrogen-bond donors (Lipinski definition) is 3. The summed E-state index contributed by atoms with van der Waals surface area (Å²) >= 11 is 3.60. The van der Waals surface area contributed by atoms with Gasteiger partial charge in [-0.25, -0.2) is 4.98 Å². The molecular formula is C34H23BrN4O3. The summed E-state index contributed by atoms with van der Waals surface area (Å²) in [6, 6.07) is 29.3. The van der Waals surface area contributed by atoms with E-state index in [2.05, 4.69) is 36.2 Å². The van der Waals surface area contributed by atoms with E-state index in [4.69, 9.17) is 0 Å². The third kappa shape index (κ3) is 3.42. The predicted octanol–water partition coefficient (Wildman–Crippen LogP) is 6.55. The number of nitrogens with one attached hydrogen (secondary N) is 3. The van der Waals surface area contributed by atoms with E-state index < -0.39 is 23.4 Å². The van der Waals surface area contributed by atoms with E-state index >= 15 is 0 Å². The van der Waals surface area contributed by atoms with Gasteiger partial charge in [0.15, 0.2) is 22.9 Å². The van der Waals surface area contributed by atoms with Crippen molar-refractivity contribution in [2.24, 2.45) is 5.92 Å². The lowest BCUT2D eigenvalue weighted by atomic mass is 9.70. The van der Waals surface area contributed by atoms with E-state index in [0.717, 1.165) is 26.5 Å². The summed E-state index contributed by atoms with van der Waals surface area (Å²) in [6.45, 7) is 0. The van der Waals surface area contributed by atoms with Gasteiger partial charge < -0.3 is 9.97 Å². The fraction of sp³-hybridized carbons (Fsp3) is 0.118. The maximum Gasteiger partial charge on any atom is 0.204 e. The number of halogens is 1. The highest BCUT2D eigenvalue weighted by molar-refractivity contribution is 9.10. The van der Waals surface area contributed by atoms with Gasteiger partial charge in [0.25, 0.3) is 0 Å². The van der Waals surface area contributed by atoms with Crippen molar-refractivity contribution >= 4 is 55.2 Å². The Morgan fingerprint density at radius 3 is 2.24 bits per heavy atom. The first kappa shape index (κ1) is 25.1. The number of benzene rings is 4. The molecule has 1 aliphatic carbocycles. The lowest BCUT2D eigenvalue weighted by Gasteiger charge is -2.29. The Morgan fingerprint density at radius 2 is 1.50 bits per heavy atom. The van der Waals surface area contributed by atoms with Crippen LogP contribution >= 0.6 is 15.9 Å². The van der Waals surface area contributed by atoms with E-state index in [1.807, 2.05) is 79.0 Å². The molecule has 0 saturated carbocycles. The van der Waals surface area contributed by atoms with Gasteiger partial charge in [-0.05, 0) is 41.5 Å². The zero-order valence-corrected chi connectivity index (χ0v) is 23.7. The maximum atomic E-state index is 14.8. The molecule has 3 atom stereocenters. The van der Waals surface area contributed by atoms with Crippen molar-refractivity contribution in [3.8, 4) is 0 Å². The number of Topliss-reactive ketones (excluding diaryl/α,β-unsaturated/α-hetero) is 3. The molecule has 8 rings (SSSR count). The summed E-state index contributed by atoms with van der Waals surface area (Å²) in [5, 5.41) is 4.47. The van der Waals surface area contributed by atoms with Gasteiger partial charge >= 0.3 is 0 Å². The second kappa shape index (κ2) is 9.17. The van der Waals surface area contributed by atoms with E-state index in [1.54, 1.807) is 24.3 Å². The van der Waals surface area contributed by atoms with Crippen LogP contribution in [-0.4, -0.2) is 37.8 Å². The van der Waals surface area contributed by atoms with Gasteiger partial charge in [-0.15, -0.1) is 0 Å². The highest BCUT2D eigenvalue weighted by atomic mass is 79.9. The Kier molecular flexibility index (Phi) is 5.48. The highest BCUT2D eigenvalue weighted by Crippen LogP contribution is 2.55. The second-order valence-electron chi connectivity index (χ2n) is 10.9. The molecule has 204 valence electrons. The minimum Gasteiger partial charge on any atom is -0.361 e. The molecule has 0 bridgehead atoms. The standard InChI is InChI=1S/C34H23BrN4O3/c35-19-9-7-8-18(16-19)27-28(30(40)33-37-25-14-5-6-15-26(25)38-33)34(31(41)21-11-1-2-12-22(21)32(34)42)39-29(27)23-17-36-24-13-4-3-10-20(23)24/h1-17,27-29,36,39H,(H,37,38). The van der Waals surface area contributed by atoms with Crippen molar-refractivity contribution in [3.05, 3.63) is 136 Å². The number of ketones is 3. The molecule has 1 saturated heterocycles. The Balaban J connectivity index is 1.41. The molecule has 7 nitrogen and oxygen atoms in total. The summed E-state index contributed by atoms with van der Waals surface area (Å²) in [7, 11) is 0. The van der Waals surface area contributed by atoms with Gasteiger partial charge in [-0.3, -0.25) is 19.7 Å². The molecule has 4 aromatic carbocycles. The molecule has 2 aliphatic rings. The second-order valence-corrected chi connectivity index (χ2v) is 11.9. The molecule has 6 aromatic rings. The van der Waals surface area contributed by atoms with Crippen LogP contribution in [0.15, 0.2) is 108 Å². The number of imidazole rings is 1. The first-order chi connectivity index (χ1) is 20.5. The molecule has 3 N–H and O–H groups in total. The molecule has 42 heavy (non-hydrogen) atoms. The van der Waals surface area contributed by atoms with Crippen LogP contribution in [0.5, 0.6) is 0 Å². The van der Waals surface area contributed by atoms with E-state index in [1.165, 1.54) is 0 Å². The van der Waals surface area contributed by atoms with Crippen LogP contribution < -0.4 is 5.32 Å². The van der Waals surface area contributed by atoms with Gasteiger partial charge in [0.2, 0.25) is 5.78 Å². The SMILES string of the molecule is O=C(c1nc2ccccc2[nH]1)C1C(c2cccc(Br)c2)C(c2c[nH]c3ccccc23)NC12C(=O)c1ccccc1C2=O. The zero-order chi connectivity index (χ0) is 28.6. The van der Waals surface area contributed by atoms with Crippen LogP contribution in [-0.2, 0) is 0 Å². The number of fused-ring (bicyclic) bond motifs is 3. The Labute approximate surface area is 248 Å². The number of nitrogens with zero attached hydrogens (tertiary/aromatic N) is 1. The Hall–Kier alpha value is -4.66. The number of hydrogen-bond acceptors (Lipinski definition) is 5. The predicted molar refractivity (Wildman–Crippen MR) is 163 cm³/mol. The number of aromatic nitrogens is 3. The number of carbonyl (C=O) groups is 3. The molecule has 3 unspecified atom stereocenters. The minimum atomic E-state index is -1.81. The molecule has 1 aliphatic heterocycles. The first-order valence-corrected chi connectivity index (χ1v) is 14.5. The summed E-state index contributed by atoms with van der Waals surface area (Å²) < 4.78 is 0.834. The van der Waals surface area contributed by atoms with Gasteiger partial charge in [-0.1, -0.05) is 82.7 Å². The van der Waals surface area contributed by atoms with E-state index in [0.29, 0.717) is 22.2 Å². The molecule has 3 heterocycles. The van der Waals surface area contributed by atoms with Crippen LogP contribution in [0.3, 0.4) is 0 Å². The van der Waals surface area contributed by atoms with Crippen molar-refractivity contribution in [1.29, 1.82) is 0 Å². The van der Waals surface area contributed by atoms with Crippen LogP contribution in [0.1, 0.15) is 54.4 Å². The Bertz CT molecular complexity index is 2030. The molecule has 1 fully saturated rings. The average Bonchev–Trinajstić information content (AvgIpc) is 3.77. The monoisotopic (exact) mass is 614 g/mol. The van der Waals surface area contributed by atoms with Gasteiger partial charge in [0, 0.05) is 44.7 Å². The summed E-state index contributed by atoms with van der Waals surface area (Å²) in [5.74, 6) is -2.71. The van der Waals surface area contributed by atoms with Crippen LogP contribution in [0.4, 0.5) is 0 Å². The lowest BCUT2D eigenvalue weighted by Crippen LogP contribution is -2.57. The number of rotatable bonds is 4. The van der Waals surface area contributed by atoms with E-state index in [-0.39, 0.29) is 23.2 Å². The summed E-state index contributed by atoms with van der Waals surface area (Å²) in [4.78, 5) is 54.9. The van der Waals surface area contributed by atoms with Crippen LogP contribution in [0, 0.1) is 5.92 Å². The number of carbonyl (C=O) groups excluding carboxylic acids is 3. The smallest absolute Gasteiger partial charge is 0.204 e. The number of aromatic amines is 2. The quantitative estimate of drug-likeness (QED) is 0.154. The van der Waals surface area contributed by atoms with Gasteiger partial charge in [0.1, 0.15) is 0 Å². The van der Waals surface area contributed by atoms with Crippen LogP contribution in [0.25, 0.3) is 21.9 Å². The Morgan fingerprint density at radius 1 is 0.810 bits per heavy atom. The van der Waals surface area contributed by atoms with Gasteiger partial charge in [0.05, 0.1) is 17.0 Å². The third-order valence-corrected chi connectivity index (χ3v) is 9.29. The topological polar surface area (TPSA) is 108 Å². The zero-order valence-electron chi connectivity index (χ0n) is 22.1. The summed E-state index contributed by atoms with van der Waals surface area (Å²) in [5.41, 5.74) is 2.82. The largest absolute Gasteiger partial charge is 0.361 e. The molecule has 0 amide bonds. The van der Waals surface area contributed by atoms with Crippen molar-refractivity contribution < 1.29 is 14.4 Å². The highest BCUT2D eigenvalue weighted by Gasteiger charge is 2.68. The molecule has 8 heteroatoms. The fourth-order valence-corrected chi connectivity index (χ4v) is 7.42. The summed E-state index contributed by atoms with van der Waals surface area (Å²) in [6.07, 6.45) is 1.91. The minimum absolute atomic E-state index is 0.124.